The van der Waals surface area contributed by atoms with Crippen molar-refractivity contribution in [3.8, 4) is 11.5 Å². The van der Waals surface area contributed by atoms with Gasteiger partial charge in [-0.15, -0.1) is 0 Å². The van der Waals surface area contributed by atoms with Gasteiger partial charge < -0.3 is 9.84 Å². The molecule has 1 aromatic heterocycles. The molecule has 0 saturated heterocycles. The molecule has 1 aliphatic carbocycles. The van der Waals surface area contributed by atoms with E-state index in [1.807, 2.05) is 0 Å². The molecule has 20 heavy (non-hydrogen) atoms. The summed E-state index contributed by atoms with van der Waals surface area (Å²) in [5, 5.41) is 17.9. The predicted octanol–water partition coefficient (Wildman–Crippen LogP) is 2.04. The molecule has 7 nitrogen and oxygen atoms in total. The molecule has 104 valence electrons. The molecule has 0 unspecified atom stereocenters. The summed E-state index contributed by atoms with van der Waals surface area (Å²) in [6.45, 7) is 0.448. The summed E-state index contributed by atoms with van der Waals surface area (Å²) in [7, 11) is 0. The normalized spacial score (nSPS) is 14.4. The number of hydrogen-bond acceptors (Lipinski definition) is 6. The van der Waals surface area contributed by atoms with Gasteiger partial charge in [0.05, 0.1) is 17.5 Å². The molecule has 2 aromatic rings. The number of nitrogens with zero attached hydrogens (tertiary/aromatic N) is 3. The van der Waals surface area contributed by atoms with E-state index in [1.165, 1.54) is 6.07 Å². The van der Waals surface area contributed by atoms with Gasteiger partial charge in [-0.2, -0.15) is 4.98 Å². The maximum atomic E-state index is 13.1. The molecule has 1 aromatic carbocycles. The first-order valence-electron chi connectivity index (χ1n) is 6.14. The van der Waals surface area contributed by atoms with E-state index in [2.05, 4.69) is 15.5 Å². The molecule has 8 heteroatoms. The zero-order chi connectivity index (χ0) is 14.1. The fourth-order valence-electron chi connectivity index (χ4n) is 1.79. The van der Waals surface area contributed by atoms with Crippen molar-refractivity contribution in [2.24, 2.45) is 0 Å². The average molecular weight is 278 g/mol. The SMILES string of the molecule is O=[N+]([O-])c1cc(F)ccc1-c1nc(CNC2CC2)no1. The molecule has 1 aliphatic rings. The number of nitro groups is 1. The molecular formula is C12H11FN4O3. The lowest BCUT2D eigenvalue weighted by Gasteiger charge is -1.97. The van der Waals surface area contributed by atoms with Crippen LogP contribution in [0.25, 0.3) is 11.5 Å². The van der Waals surface area contributed by atoms with Crippen LogP contribution in [0.3, 0.4) is 0 Å². The average Bonchev–Trinajstić information content (AvgIpc) is 3.14. The Bertz CT molecular complexity index is 654. The van der Waals surface area contributed by atoms with Crippen molar-refractivity contribution in [3.63, 3.8) is 0 Å². The maximum Gasteiger partial charge on any atom is 0.285 e. The molecule has 1 fully saturated rings. The molecular weight excluding hydrogens is 267 g/mol. The lowest BCUT2D eigenvalue weighted by Crippen LogP contribution is -2.16. The van der Waals surface area contributed by atoms with Crippen LogP contribution in [0.4, 0.5) is 10.1 Å². The van der Waals surface area contributed by atoms with E-state index < -0.39 is 16.4 Å². The Morgan fingerprint density at radius 1 is 1.50 bits per heavy atom. The van der Waals surface area contributed by atoms with Gasteiger partial charge in [0.1, 0.15) is 11.4 Å². The molecule has 0 atom stereocenters. The Morgan fingerprint density at radius 3 is 3.00 bits per heavy atom. The minimum atomic E-state index is -0.685. The predicted molar refractivity (Wildman–Crippen MR) is 66.2 cm³/mol. The number of halogens is 1. The lowest BCUT2D eigenvalue weighted by atomic mass is 10.2. The second-order valence-electron chi connectivity index (χ2n) is 4.59. The Labute approximate surface area is 112 Å². The van der Waals surface area contributed by atoms with Gasteiger partial charge in [0, 0.05) is 6.04 Å². The maximum absolute atomic E-state index is 13.1. The van der Waals surface area contributed by atoms with Crippen molar-refractivity contribution in [3.05, 3.63) is 40.0 Å². The van der Waals surface area contributed by atoms with Crippen LogP contribution in [-0.2, 0) is 6.54 Å². The summed E-state index contributed by atoms with van der Waals surface area (Å²) in [5.41, 5.74) is -0.281. The first-order chi connectivity index (χ1) is 9.63. The number of nitro benzene ring substituents is 1. The van der Waals surface area contributed by atoms with Gasteiger partial charge in [-0.05, 0) is 25.0 Å². The number of aromatic nitrogens is 2. The van der Waals surface area contributed by atoms with Gasteiger partial charge >= 0.3 is 0 Å². The third kappa shape index (κ3) is 2.64. The molecule has 1 saturated carbocycles. The molecule has 0 aliphatic heterocycles. The molecule has 0 spiro atoms. The number of nitrogens with one attached hydrogen (secondary N) is 1. The van der Waals surface area contributed by atoms with E-state index >= 15 is 0 Å². The zero-order valence-electron chi connectivity index (χ0n) is 10.4. The smallest absolute Gasteiger partial charge is 0.285 e. The Balaban J connectivity index is 1.86. The quantitative estimate of drug-likeness (QED) is 0.664. The van der Waals surface area contributed by atoms with Gasteiger partial charge in [-0.3, -0.25) is 10.1 Å². The van der Waals surface area contributed by atoms with Crippen molar-refractivity contribution in [1.82, 2.24) is 15.5 Å². The fraction of sp³-hybridized carbons (Fsp3) is 0.333. The standard InChI is InChI=1S/C12H11FN4O3/c13-7-1-4-9(10(5-7)17(18)19)12-15-11(16-20-12)6-14-8-2-3-8/h1,4-5,8,14H,2-3,6H2. The van der Waals surface area contributed by atoms with Crippen molar-refractivity contribution < 1.29 is 13.8 Å². The van der Waals surface area contributed by atoms with Crippen molar-refractivity contribution in [2.45, 2.75) is 25.4 Å². The highest BCUT2D eigenvalue weighted by Gasteiger charge is 2.23. The van der Waals surface area contributed by atoms with Crippen LogP contribution in [0.15, 0.2) is 22.7 Å². The zero-order valence-corrected chi connectivity index (χ0v) is 10.4. The molecule has 1 N–H and O–H groups in total. The molecule has 0 radical (unpaired) electrons. The van der Waals surface area contributed by atoms with Crippen molar-refractivity contribution >= 4 is 5.69 Å². The fourth-order valence-corrected chi connectivity index (χ4v) is 1.79. The third-order valence-corrected chi connectivity index (χ3v) is 2.98. The van der Waals surface area contributed by atoms with Crippen LogP contribution in [0.1, 0.15) is 18.7 Å². The van der Waals surface area contributed by atoms with Crippen LogP contribution in [0.2, 0.25) is 0 Å². The van der Waals surface area contributed by atoms with Crippen LogP contribution in [0, 0.1) is 15.9 Å². The highest BCUT2D eigenvalue weighted by molar-refractivity contribution is 5.66. The van der Waals surface area contributed by atoms with Gasteiger partial charge in [-0.1, -0.05) is 5.16 Å². The molecule has 3 rings (SSSR count). The first kappa shape index (κ1) is 12.7. The highest BCUT2D eigenvalue weighted by atomic mass is 19.1. The topological polar surface area (TPSA) is 94.1 Å². The van der Waals surface area contributed by atoms with E-state index in [-0.39, 0.29) is 11.5 Å². The van der Waals surface area contributed by atoms with Crippen molar-refractivity contribution in [1.29, 1.82) is 0 Å². The van der Waals surface area contributed by atoms with E-state index in [1.54, 1.807) is 0 Å². The monoisotopic (exact) mass is 278 g/mol. The van der Waals surface area contributed by atoms with Crippen LogP contribution in [-0.4, -0.2) is 21.1 Å². The Morgan fingerprint density at radius 2 is 2.30 bits per heavy atom. The summed E-state index contributed by atoms with van der Waals surface area (Å²) in [5.74, 6) is -0.245. The van der Waals surface area contributed by atoms with Crippen LogP contribution < -0.4 is 5.32 Å². The van der Waals surface area contributed by atoms with Gasteiger partial charge in [0.2, 0.25) is 0 Å². The van der Waals surface area contributed by atoms with E-state index in [0.717, 1.165) is 25.0 Å². The van der Waals surface area contributed by atoms with Gasteiger partial charge in [0.25, 0.3) is 11.6 Å². The molecule has 1 heterocycles. The highest BCUT2D eigenvalue weighted by Crippen LogP contribution is 2.29. The number of benzene rings is 1. The summed E-state index contributed by atoms with van der Waals surface area (Å²) in [4.78, 5) is 14.3. The second-order valence-corrected chi connectivity index (χ2v) is 4.59. The summed E-state index contributed by atoms with van der Waals surface area (Å²) in [6, 6.07) is 3.71. The van der Waals surface area contributed by atoms with E-state index in [4.69, 9.17) is 4.52 Å². The summed E-state index contributed by atoms with van der Waals surface area (Å²) < 4.78 is 18.1. The van der Waals surface area contributed by atoms with Crippen LogP contribution >= 0.6 is 0 Å². The molecule has 0 amide bonds. The third-order valence-electron chi connectivity index (χ3n) is 2.98. The van der Waals surface area contributed by atoms with Gasteiger partial charge in [-0.25, -0.2) is 4.39 Å². The lowest BCUT2D eigenvalue weighted by molar-refractivity contribution is -0.384. The Hall–Kier alpha value is -2.35. The summed E-state index contributed by atoms with van der Waals surface area (Å²) >= 11 is 0. The molecule has 0 bridgehead atoms. The van der Waals surface area contributed by atoms with Crippen LogP contribution in [0.5, 0.6) is 0 Å². The minimum absolute atomic E-state index is 0.0179. The minimum Gasteiger partial charge on any atom is -0.334 e. The van der Waals surface area contributed by atoms with Crippen molar-refractivity contribution in [2.75, 3.05) is 0 Å². The second kappa shape index (κ2) is 4.97. The van der Waals surface area contributed by atoms with Gasteiger partial charge in [0.15, 0.2) is 5.82 Å². The Kier molecular flexibility index (Phi) is 3.15. The first-order valence-corrected chi connectivity index (χ1v) is 6.14. The van der Waals surface area contributed by atoms with E-state index in [0.29, 0.717) is 18.4 Å². The number of rotatable bonds is 5. The van der Waals surface area contributed by atoms with E-state index in [9.17, 15) is 14.5 Å². The number of hydrogen-bond donors (Lipinski definition) is 1. The summed E-state index contributed by atoms with van der Waals surface area (Å²) in [6.07, 6.45) is 2.27. The largest absolute Gasteiger partial charge is 0.334 e.